The van der Waals surface area contributed by atoms with Crippen LogP contribution in [0.1, 0.15) is 55.2 Å². The van der Waals surface area contributed by atoms with Crippen molar-refractivity contribution in [3.8, 4) is 0 Å². The first kappa shape index (κ1) is 29.9. The highest BCUT2D eigenvalue weighted by atomic mass is 32.2. The van der Waals surface area contributed by atoms with Crippen LogP contribution in [-0.2, 0) is 32.7 Å². The van der Waals surface area contributed by atoms with Crippen LogP contribution in [0.5, 0.6) is 0 Å². The molecule has 0 saturated carbocycles. The van der Waals surface area contributed by atoms with E-state index in [1.165, 1.54) is 5.56 Å². The van der Waals surface area contributed by atoms with Crippen LogP contribution in [-0.4, -0.2) is 66.9 Å². The molecule has 2 aliphatic rings. The first-order valence-corrected chi connectivity index (χ1v) is 16.0. The van der Waals surface area contributed by atoms with Gasteiger partial charge in [0.2, 0.25) is 21.8 Å². The molecule has 1 saturated heterocycles. The molecule has 2 aliphatic heterocycles. The van der Waals surface area contributed by atoms with E-state index in [1.807, 2.05) is 52.3 Å². The molecule has 1 N–H and O–H groups in total. The Labute approximate surface area is 247 Å². The number of carbonyl (C=O) groups is 2. The number of hydrogen-bond acceptors (Lipinski definition) is 7. The average Bonchev–Trinajstić information content (AvgIpc) is 3.49. The van der Waals surface area contributed by atoms with Crippen molar-refractivity contribution >= 4 is 27.5 Å². The molecule has 3 heterocycles. The van der Waals surface area contributed by atoms with E-state index in [2.05, 4.69) is 26.9 Å². The summed E-state index contributed by atoms with van der Waals surface area (Å²) in [6, 6.07) is 18.5. The van der Waals surface area contributed by atoms with Gasteiger partial charge in [0.15, 0.2) is 5.76 Å². The Morgan fingerprint density at radius 3 is 2.43 bits per heavy atom. The second-order valence-electron chi connectivity index (χ2n) is 11.2. The van der Waals surface area contributed by atoms with Gasteiger partial charge in [-0.05, 0) is 50.3 Å². The minimum absolute atomic E-state index is 0.00394. The summed E-state index contributed by atoms with van der Waals surface area (Å²) in [6.45, 7) is 6.87. The van der Waals surface area contributed by atoms with Gasteiger partial charge in [0.25, 0.3) is 0 Å². The molecule has 5 rings (SSSR count). The number of aryl methyl sites for hydroxylation is 2. The molecule has 11 heteroatoms. The maximum Gasteiger partial charge on any atom is 0.245 e. The third-order valence-corrected chi connectivity index (χ3v) is 10.0. The van der Waals surface area contributed by atoms with Crippen molar-refractivity contribution in [2.75, 3.05) is 24.5 Å². The van der Waals surface area contributed by atoms with E-state index < -0.39 is 10.0 Å². The van der Waals surface area contributed by atoms with Gasteiger partial charge in [0.05, 0.1) is 0 Å². The summed E-state index contributed by atoms with van der Waals surface area (Å²) in [7, 11) is -3.88. The van der Waals surface area contributed by atoms with Crippen LogP contribution in [0.25, 0.3) is 0 Å². The summed E-state index contributed by atoms with van der Waals surface area (Å²) in [5.41, 5.74) is 3.20. The van der Waals surface area contributed by atoms with Crippen molar-refractivity contribution < 1.29 is 22.5 Å². The Hall–Kier alpha value is -3.54. The van der Waals surface area contributed by atoms with Gasteiger partial charge in [-0.25, -0.2) is 13.1 Å². The van der Waals surface area contributed by atoms with Crippen LogP contribution in [0.4, 0.5) is 5.69 Å². The van der Waals surface area contributed by atoms with Crippen LogP contribution in [0, 0.1) is 13.8 Å². The lowest BCUT2D eigenvalue weighted by Gasteiger charge is -2.34. The van der Waals surface area contributed by atoms with E-state index in [-0.39, 0.29) is 53.2 Å². The Kier molecular flexibility index (Phi) is 9.10. The molecule has 1 aromatic heterocycles. The molecule has 224 valence electrons. The number of nitrogens with zero attached hydrogens (tertiary/aromatic N) is 4. The van der Waals surface area contributed by atoms with Gasteiger partial charge >= 0.3 is 0 Å². The molecule has 2 amide bonds. The topological polar surface area (TPSA) is 116 Å². The van der Waals surface area contributed by atoms with Gasteiger partial charge in [0, 0.05) is 63.8 Å². The molecular weight excluding hydrogens is 554 g/mol. The number of aromatic nitrogens is 1. The summed E-state index contributed by atoms with van der Waals surface area (Å²) in [5, 5.41) is 3.74. The van der Waals surface area contributed by atoms with Gasteiger partial charge in [-0.2, -0.15) is 0 Å². The largest absolute Gasteiger partial charge is 0.360 e. The number of fused-ring (bicyclic) bond motifs is 3. The quantitative estimate of drug-likeness (QED) is 0.443. The van der Waals surface area contributed by atoms with Crippen molar-refractivity contribution in [1.82, 2.24) is 19.7 Å². The molecule has 2 atom stereocenters. The number of para-hydroxylation sites is 1. The molecule has 0 unspecified atom stereocenters. The molecule has 42 heavy (non-hydrogen) atoms. The highest BCUT2D eigenvalue weighted by Gasteiger charge is 2.36. The number of hydrogen-bond donors (Lipinski definition) is 1. The molecule has 0 spiro atoms. The van der Waals surface area contributed by atoms with Crippen LogP contribution < -0.4 is 9.62 Å². The minimum Gasteiger partial charge on any atom is -0.360 e. The molecule has 2 aromatic carbocycles. The van der Waals surface area contributed by atoms with Crippen molar-refractivity contribution in [3.63, 3.8) is 0 Å². The lowest BCUT2D eigenvalue weighted by atomic mass is 10.1. The van der Waals surface area contributed by atoms with Crippen molar-refractivity contribution in [2.45, 2.75) is 76.5 Å². The zero-order valence-electron chi connectivity index (χ0n) is 24.5. The van der Waals surface area contributed by atoms with Crippen molar-refractivity contribution in [3.05, 3.63) is 77.2 Å². The minimum atomic E-state index is -3.88. The fourth-order valence-corrected chi connectivity index (χ4v) is 7.66. The lowest BCUT2D eigenvalue weighted by Crippen LogP contribution is -2.45. The number of nitrogens with one attached hydrogen (secondary N) is 1. The highest BCUT2D eigenvalue weighted by molar-refractivity contribution is 7.89. The van der Waals surface area contributed by atoms with Crippen LogP contribution in [0.3, 0.4) is 0 Å². The van der Waals surface area contributed by atoms with Crippen molar-refractivity contribution in [1.29, 1.82) is 0 Å². The fraction of sp³-hybridized carbons (Fsp3) is 0.452. The first-order chi connectivity index (χ1) is 20.1. The third kappa shape index (κ3) is 6.58. The number of carbonyl (C=O) groups excluding carboxylic acids is 2. The van der Waals surface area contributed by atoms with E-state index in [1.54, 1.807) is 20.8 Å². The fourth-order valence-electron chi connectivity index (χ4n) is 6.30. The Morgan fingerprint density at radius 1 is 1.00 bits per heavy atom. The summed E-state index contributed by atoms with van der Waals surface area (Å²) in [6.07, 6.45) is 2.77. The number of amides is 2. The Bertz CT molecular complexity index is 1500. The SMILES string of the molecule is CC(=O)N1CC[C@@H]2CC[C@H](CN(C(=O)CCNS(=O)(=O)c3c(C)noc3C)Cc3ccccc31)N2Cc1ccccc1. The van der Waals surface area contributed by atoms with E-state index in [0.717, 1.165) is 37.1 Å². The van der Waals surface area contributed by atoms with E-state index >= 15 is 0 Å². The van der Waals surface area contributed by atoms with Crippen LogP contribution in [0.15, 0.2) is 64.0 Å². The second-order valence-corrected chi connectivity index (χ2v) is 12.9. The summed E-state index contributed by atoms with van der Waals surface area (Å²) in [4.78, 5) is 32.8. The zero-order valence-corrected chi connectivity index (χ0v) is 25.3. The molecular formula is C31H39N5O5S. The molecule has 3 aromatic rings. The summed E-state index contributed by atoms with van der Waals surface area (Å²) in [5.74, 6) is 0.0276. The summed E-state index contributed by atoms with van der Waals surface area (Å²) >= 11 is 0. The maximum absolute atomic E-state index is 13.8. The predicted molar refractivity (Wildman–Crippen MR) is 159 cm³/mol. The molecule has 0 aliphatic carbocycles. The number of rotatable bonds is 7. The van der Waals surface area contributed by atoms with Gasteiger partial charge < -0.3 is 14.3 Å². The van der Waals surface area contributed by atoms with E-state index in [0.29, 0.717) is 19.6 Å². The molecule has 10 nitrogen and oxygen atoms in total. The predicted octanol–water partition coefficient (Wildman–Crippen LogP) is 3.78. The lowest BCUT2D eigenvalue weighted by molar-refractivity contribution is -0.132. The average molecular weight is 594 g/mol. The first-order valence-electron chi connectivity index (χ1n) is 14.5. The van der Waals surface area contributed by atoms with E-state index in [4.69, 9.17) is 4.52 Å². The highest BCUT2D eigenvalue weighted by Crippen LogP contribution is 2.32. The molecule has 1 fully saturated rings. The van der Waals surface area contributed by atoms with Crippen molar-refractivity contribution in [2.24, 2.45) is 0 Å². The molecule has 2 bridgehead atoms. The number of sulfonamides is 1. The molecule has 0 radical (unpaired) electrons. The van der Waals surface area contributed by atoms with Gasteiger partial charge in [-0.15, -0.1) is 0 Å². The van der Waals surface area contributed by atoms with Gasteiger partial charge in [0.1, 0.15) is 10.6 Å². The Balaban J connectivity index is 1.40. The second kappa shape index (κ2) is 12.8. The van der Waals surface area contributed by atoms with Gasteiger partial charge in [-0.1, -0.05) is 53.7 Å². The standard InChI is InChI=1S/C31H39N5O5S/c1-22-31(23(2)41-33-22)42(39,40)32-17-15-30(38)34-20-26-11-7-8-12-29(26)35(24(3)37)18-16-27-13-14-28(21-34)36(27)19-25-9-5-4-6-10-25/h4-12,27-28,32H,13-21H2,1-3H3/t27-,28+/m0/s1. The zero-order chi connectivity index (χ0) is 29.9. The number of anilines is 1. The van der Waals surface area contributed by atoms with Crippen LogP contribution in [0.2, 0.25) is 0 Å². The monoisotopic (exact) mass is 593 g/mol. The van der Waals surface area contributed by atoms with E-state index in [9.17, 15) is 18.0 Å². The number of benzene rings is 2. The van der Waals surface area contributed by atoms with Gasteiger partial charge in [-0.3, -0.25) is 14.5 Å². The third-order valence-electron chi connectivity index (χ3n) is 8.34. The van der Waals surface area contributed by atoms with Crippen LogP contribution >= 0.6 is 0 Å². The Morgan fingerprint density at radius 2 is 1.71 bits per heavy atom. The normalized spacial score (nSPS) is 19.8. The summed E-state index contributed by atoms with van der Waals surface area (Å²) < 4.78 is 33.4. The smallest absolute Gasteiger partial charge is 0.245 e. The maximum atomic E-state index is 13.8.